The lowest BCUT2D eigenvalue weighted by atomic mass is 9.94. The smallest absolute Gasteiger partial charge is 0.0703 e. The van der Waals surface area contributed by atoms with Crippen LogP contribution in [0.4, 0.5) is 0 Å². The van der Waals surface area contributed by atoms with Gasteiger partial charge in [-0.2, -0.15) is 0 Å². The SMILES string of the molecule is CC(C)(C)/C(=C/c1ccccc1)[Si](C)(C)c1ccccc1. The van der Waals surface area contributed by atoms with Crippen LogP contribution in [0.2, 0.25) is 13.1 Å². The lowest BCUT2D eigenvalue weighted by molar-refractivity contribution is 0.529. The molecule has 0 aliphatic heterocycles. The first-order valence-corrected chi connectivity index (χ1v) is 10.6. The molecule has 0 fully saturated rings. The van der Waals surface area contributed by atoms with Gasteiger partial charge in [0.05, 0.1) is 0 Å². The number of hydrogen-bond acceptors (Lipinski definition) is 0. The quantitative estimate of drug-likeness (QED) is 0.676. The van der Waals surface area contributed by atoms with Crippen LogP contribution in [0.1, 0.15) is 26.3 Å². The van der Waals surface area contributed by atoms with Gasteiger partial charge in [0.25, 0.3) is 0 Å². The molecular formula is C20H26Si. The summed E-state index contributed by atoms with van der Waals surface area (Å²) in [6.45, 7) is 11.9. The summed E-state index contributed by atoms with van der Waals surface area (Å²) in [6.07, 6.45) is 2.42. The van der Waals surface area contributed by atoms with E-state index in [1.165, 1.54) is 10.8 Å². The van der Waals surface area contributed by atoms with Crippen molar-refractivity contribution in [1.82, 2.24) is 0 Å². The molecule has 2 rings (SSSR count). The number of rotatable bonds is 3. The third-order valence-electron chi connectivity index (χ3n) is 4.09. The highest BCUT2D eigenvalue weighted by Gasteiger charge is 2.34. The second-order valence-electron chi connectivity index (χ2n) is 7.21. The highest BCUT2D eigenvalue weighted by molar-refractivity contribution is 6.96. The minimum absolute atomic E-state index is 0.182. The number of benzene rings is 2. The molecule has 0 unspecified atom stereocenters. The molecular weight excluding hydrogens is 268 g/mol. The van der Waals surface area contributed by atoms with Crippen LogP contribution in [-0.4, -0.2) is 8.07 Å². The predicted molar refractivity (Wildman–Crippen MR) is 97.4 cm³/mol. The zero-order chi connectivity index (χ0) is 15.5. The molecule has 0 radical (unpaired) electrons. The maximum absolute atomic E-state index is 2.46. The van der Waals surface area contributed by atoms with Gasteiger partial charge < -0.3 is 0 Å². The Hall–Kier alpha value is -1.60. The topological polar surface area (TPSA) is 0 Å². The summed E-state index contributed by atoms with van der Waals surface area (Å²) in [5, 5.41) is 3.09. The molecule has 0 aliphatic carbocycles. The van der Waals surface area contributed by atoms with E-state index >= 15 is 0 Å². The maximum atomic E-state index is 2.46. The molecule has 0 aliphatic rings. The van der Waals surface area contributed by atoms with E-state index in [9.17, 15) is 0 Å². The lowest BCUT2D eigenvalue weighted by Gasteiger charge is -2.36. The van der Waals surface area contributed by atoms with Crippen molar-refractivity contribution < 1.29 is 0 Å². The van der Waals surface area contributed by atoms with Gasteiger partial charge in [0.2, 0.25) is 0 Å². The summed E-state index contributed by atoms with van der Waals surface area (Å²) in [7, 11) is -1.67. The summed E-state index contributed by atoms with van der Waals surface area (Å²) in [5.74, 6) is 0. The van der Waals surface area contributed by atoms with E-state index < -0.39 is 8.07 Å². The second kappa shape index (κ2) is 6.03. The Morgan fingerprint density at radius 3 is 1.76 bits per heavy atom. The van der Waals surface area contributed by atoms with E-state index in [1.807, 2.05) is 0 Å². The van der Waals surface area contributed by atoms with Crippen LogP contribution in [-0.2, 0) is 0 Å². The standard InChI is InChI=1S/C20H26Si/c1-20(2,3)19(16-17-12-8-6-9-13-17)21(4,5)18-14-10-7-11-15-18/h6-16H,1-5H3/b19-16-. The van der Waals surface area contributed by atoms with E-state index in [1.54, 1.807) is 5.20 Å². The number of hydrogen-bond donors (Lipinski definition) is 0. The third kappa shape index (κ3) is 3.73. The van der Waals surface area contributed by atoms with Crippen molar-refractivity contribution >= 4 is 19.3 Å². The van der Waals surface area contributed by atoms with E-state index in [0.717, 1.165) is 0 Å². The zero-order valence-electron chi connectivity index (χ0n) is 13.9. The largest absolute Gasteiger partial charge is 0.108 e. The van der Waals surface area contributed by atoms with Crippen LogP contribution in [0.3, 0.4) is 0 Å². The molecule has 110 valence electrons. The Balaban J connectivity index is 2.54. The Morgan fingerprint density at radius 2 is 1.29 bits per heavy atom. The van der Waals surface area contributed by atoms with E-state index in [-0.39, 0.29) is 5.41 Å². The highest BCUT2D eigenvalue weighted by Crippen LogP contribution is 2.34. The van der Waals surface area contributed by atoms with Gasteiger partial charge in [0.1, 0.15) is 8.07 Å². The van der Waals surface area contributed by atoms with Gasteiger partial charge in [-0.1, -0.05) is 111 Å². The average molecular weight is 295 g/mol. The summed E-state index contributed by atoms with van der Waals surface area (Å²) < 4.78 is 0. The van der Waals surface area contributed by atoms with Gasteiger partial charge in [-0.25, -0.2) is 0 Å². The molecule has 0 heterocycles. The van der Waals surface area contributed by atoms with E-state index in [4.69, 9.17) is 0 Å². The average Bonchev–Trinajstić information content (AvgIpc) is 2.45. The Morgan fingerprint density at radius 1 is 0.810 bits per heavy atom. The number of allylic oxidation sites excluding steroid dienone is 1. The molecule has 2 aromatic carbocycles. The van der Waals surface area contributed by atoms with Gasteiger partial charge in [-0.3, -0.25) is 0 Å². The van der Waals surface area contributed by atoms with Gasteiger partial charge in [-0.15, -0.1) is 0 Å². The first-order chi connectivity index (χ1) is 9.82. The minimum atomic E-state index is -1.67. The molecule has 0 saturated heterocycles. The van der Waals surface area contributed by atoms with Crippen LogP contribution >= 0.6 is 0 Å². The summed E-state index contributed by atoms with van der Waals surface area (Å²) >= 11 is 0. The fourth-order valence-electron chi connectivity index (χ4n) is 3.06. The Labute approximate surface area is 130 Å². The normalized spacial score (nSPS) is 13.3. The van der Waals surface area contributed by atoms with Crippen molar-refractivity contribution in [1.29, 1.82) is 0 Å². The van der Waals surface area contributed by atoms with Crippen LogP contribution in [0, 0.1) is 5.41 Å². The molecule has 21 heavy (non-hydrogen) atoms. The van der Waals surface area contributed by atoms with Crippen molar-refractivity contribution in [2.75, 3.05) is 0 Å². The van der Waals surface area contributed by atoms with Gasteiger partial charge in [0, 0.05) is 0 Å². The molecule has 0 nitrogen and oxygen atoms in total. The van der Waals surface area contributed by atoms with Crippen LogP contribution in [0.5, 0.6) is 0 Å². The predicted octanol–water partition coefficient (Wildman–Crippen LogP) is 5.27. The Bertz CT molecular complexity index is 601. The van der Waals surface area contributed by atoms with Gasteiger partial charge >= 0.3 is 0 Å². The van der Waals surface area contributed by atoms with E-state index in [0.29, 0.717) is 0 Å². The van der Waals surface area contributed by atoms with Crippen LogP contribution < -0.4 is 5.19 Å². The van der Waals surface area contributed by atoms with Crippen LogP contribution in [0.25, 0.3) is 6.08 Å². The molecule has 0 amide bonds. The first-order valence-electron chi connectivity index (χ1n) is 7.65. The highest BCUT2D eigenvalue weighted by atomic mass is 28.3. The lowest BCUT2D eigenvalue weighted by Crippen LogP contribution is -2.47. The fourth-order valence-corrected chi connectivity index (χ4v) is 6.80. The zero-order valence-corrected chi connectivity index (χ0v) is 14.9. The molecule has 1 heteroatoms. The Kier molecular flexibility index (Phi) is 4.53. The maximum Gasteiger partial charge on any atom is 0.108 e. The van der Waals surface area contributed by atoms with Crippen molar-refractivity contribution in [3.05, 3.63) is 71.4 Å². The monoisotopic (exact) mass is 294 g/mol. The van der Waals surface area contributed by atoms with E-state index in [2.05, 4.69) is 101 Å². The molecule has 0 saturated carbocycles. The van der Waals surface area contributed by atoms with Crippen molar-refractivity contribution in [3.63, 3.8) is 0 Å². The van der Waals surface area contributed by atoms with Gasteiger partial charge in [-0.05, 0) is 11.0 Å². The van der Waals surface area contributed by atoms with Crippen molar-refractivity contribution in [3.8, 4) is 0 Å². The van der Waals surface area contributed by atoms with Crippen molar-refractivity contribution in [2.24, 2.45) is 5.41 Å². The first kappa shape index (κ1) is 15.8. The van der Waals surface area contributed by atoms with Crippen molar-refractivity contribution in [2.45, 2.75) is 33.9 Å². The molecule has 0 N–H and O–H groups in total. The fraction of sp³-hybridized carbons (Fsp3) is 0.300. The molecule has 0 aromatic heterocycles. The molecule has 0 atom stereocenters. The second-order valence-corrected chi connectivity index (χ2v) is 11.6. The third-order valence-corrected chi connectivity index (χ3v) is 8.11. The molecule has 0 spiro atoms. The summed E-state index contributed by atoms with van der Waals surface area (Å²) in [4.78, 5) is 0. The molecule has 0 bridgehead atoms. The summed E-state index contributed by atoms with van der Waals surface area (Å²) in [5.41, 5.74) is 1.49. The summed E-state index contributed by atoms with van der Waals surface area (Å²) in [6, 6.07) is 21.7. The van der Waals surface area contributed by atoms with Crippen LogP contribution in [0.15, 0.2) is 65.9 Å². The molecule has 2 aromatic rings. The minimum Gasteiger partial charge on any atom is -0.0703 e. The van der Waals surface area contributed by atoms with Gasteiger partial charge in [0.15, 0.2) is 0 Å².